The number of ether oxygens (including phenoxy) is 1. The lowest BCUT2D eigenvalue weighted by Crippen LogP contribution is -2.38. The Morgan fingerprint density at radius 3 is 2.57 bits per heavy atom. The molecule has 1 saturated carbocycles. The van der Waals surface area contributed by atoms with Gasteiger partial charge >= 0.3 is 0 Å². The molecular weight excluding hydrogens is 265 g/mol. The fourth-order valence-electron chi connectivity index (χ4n) is 3.54. The molecule has 1 aliphatic rings. The Kier molecular flexibility index (Phi) is 6.19. The molecule has 2 nitrogen and oxygen atoms in total. The van der Waals surface area contributed by atoms with Gasteiger partial charge in [-0.2, -0.15) is 0 Å². The molecule has 1 aliphatic carbocycles. The summed E-state index contributed by atoms with van der Waals surface area (Å²) >= 11 is 0. The molecular formula is C18H28FNO. The quantitative estimate of drug-likeness (QED) is 0.840. The number of halogens is 1. The highest BCUT2D eigenvalue weighted by molar-refractivity contribution is 5.27. The second-order valence-electron chi connectivity index (χ2n) is 6.09. The molecule has 21 heavy (non-hydrogen) atoms. The van der Waals surface area contributed by atoms with E-state index < -0.39 is 0 Å². The summed E-state index contributed by atoms with van der Waals surface area (Å²) < 4.78 is 19.6. The molecule has 1 fully saturated rings. The van der Waals surface area contributed by atoms with Gasteiger partial charge in [-0.3, -0.25) is 0 Å². The number of nitrogens with one attached hydrogen (secondary N) is 1. The van der Waals surface area contributed by atoms with E-state index in [1.807, 2.05) is 26.1 Å². The average molecular weight is 293 g/mol. The van der Waals surface area contributed by atoms with Gasteiger partial charge in [0.15, 0.2) is 0 Å². The van der Waals surface area contributed by atoms with Crippen molar-refractivity contribution in [3.63, 3.8) is 0 Å². The Hall–Kier alpha value is -0.930. The number of likely N-dealkylation sites (N-methyl/N-ethyl adjacent to an activating group) is 1. The standard InChI is InChI=1S/C18H28FNO/c1-4-21-18(14-8-6-5-7-9-14)17(20-3)15-10-11-16(19)13(2)12-15/h10-12,14,17-18,20H,4-9H2,1-3H3. The normalized spacial score (nSPS) is 19.4. The molecule has 0 heterocycles. The number of hydrogen-bond donors (Lipinski definition) is 1. The van der Waals surface area contributed by atoms with Gasteiger partial charge in [0.05, 0.1) is 12.1 Å². The van der Waals surface area contributed by atoms with Crippen molar-refractivity contribution in [2.75, 3.05) is 13.7 Å². The first-order chi connectivity index (χ1) is 10.2. The third-order valence-electron chi connectivity index (χ3n) is 4.65. The molecule has 0 radical (unpaired) electrons. The molecule has 0 spiro atoms. The average Bonchev–Trinajstić information content (AvgIpc) is 2.51. The highest BCUT2D eigenvalue weighted by Gasteiger charge is 2.31. The largest absolute Gasteiger partial charge is 0.376 e. The third-order valence-corrected chi connectivity index (χ3v) is 4.65. The van der Waals surface area contributed by atoms with Crippen LogP contribution < -0.4 is 5.32 Å². The van der Waals surface area contributed by atoms with E-state index in [0.29, 0.717) is 11.5 Å². The van der Waals surface area contributed by atoms with Crippen LogP contribution in [0.15, 0.2) is 18.2 Å². The van der Waals surface area contributed by atoms with E-state index in [9.17, 15) is 4.39 Å². The first kappa shape index (κ1) is 16.4. The van der Waals surface area contributed by atoms with Crippen LogP contribution >= 0.6 is 0 Å². The predicted octanol–water partition coefficient (Wildman–Crippen LogP) is 4.38. The summed E-state index contributed by atoms with van der Waals surface area (Å²) in [7, 11) is 1.97. The molecule has 118 valence electrons. The van der Waals surface area contributed by atoms with E-state index in [1.165, 1.54) is 32.1 Å². The van der Waals surface area contributed by atoms with Crippen LogP contribution in [0.2, 0.25) is 0 Å². The lowest BCUT2D eigenvalue weighted by atomic mass is 9.80. The van der Waals surface area contributed by atoms with Gasteiger partial charge in [0.1, 0.15) is 5.82 Å². The predicted molar refractivity (Wildman–Crippen MR) is 84.9 cm³/mol. The van der Waals surface area contributed by atoms with Gasteiger partial charge in [-0.05, 0) is 56.8 Å². The molecule has 0 bridgehead atoms. The van der Waals surface area contributed by atoms with Gasteiger partial charge < -0.3 is 10.1 Å². The van der Waals surface area contributed by atoms with E-state index in [0.717, 1.165) is 12.2 Å². The molecule has 2 atom stereocenters. The van der Waals surface area contributed by atoms with Crippen LogP contribution in [0.5, 0.6) is 0 Å². The zero-order valence-corrected chi connectivity index (χ0v) is 13.5. The van der Waals surface area contributed by atoms with Crippen molar-refractivity contribution in [2.24, 2.45) is 5.92 Å². The van der Waals surface area contributed by atoms with Gasteiger partial charge in [-0.1, -0.05) is 31.4 Å². The topological polar surface area (TPSA) is 21.3 Å². The molecule has 0 saturated heterocycles. The van der Waals surface area contributed by atoms with Crippen molar-refractivity contribution in [1.29, 1.82) is 0 Å². The van der Waals surface area contributed by atoms with E-state index in [2.05, 4.69) is 12.2 Å². The van der Waals surface area contributed by atoms with Crippen molar-refractivity contribution in [1.82, 2.24) is 5.32 Å². The fourth-order valence-corrected chi connectivity index (χ4v) is 3.54. The second kappa shape index (κ2) is 7.90. The van der Waals surface area contributed by atoms with Crippen molar-refractivity contribution in [3.8, 4) is 0 Å². The van der Waals surface area contributed by atoms with Gasteiger partial charge in [0, 0.05) is 6.61 Å². The van der Waals surface area contributed by atoms with E-state index in [4.69, 9.17) is 4.74 Å². The molecule has 1 N–H and O–H groups in total. The Morgan fingerprint density at radius 2 is 2.00 bits per heavy atom. The van der Waals surface area contributed by atoms with Crippen LogP contribution in [-0.2, 0) is 4.74 Å². The molecule has 1 aromatic carbocycles. The fraction of sp³-hybridized carbons (Fsp3) is 0.667. The van der Waals surface area contributed by atoms with Crippen LogP contribution in [0.25, 0.3) is 0 Å². The summed E-state index contributed by atoms with van der Waals surface area (Å²) in [6, 6.07) is 5.54. The molecule has 0 amide bonds. The first-order valence-corrected chi connectivity index (χ1v) is 8.22. The van der Waals surface area contributed by atoms with Crippen LogP contribution in [-0.4, -0.2) is 19.8 Å². The van der Waals surface area contributed by atoms with E-state index in [-0.39, 0.29) is 18.0 Å². The number of benzene rings is 1. The monoisotopic (exact) mass is 293 g/mol. The number of hydrogen-bond acceptors (Lipinski definition) is 2. The summed E-state index contributed by atoms with van der Waals surface area (Å²) in [5.74, 6) is 0.459. The molecule has 2 rings (SSSR count). The molecule has 0 aliphatic heterocycles. The zero-order chi connectivity index (χ0) is 15.2. The van der Waals surface area contributed by atoms with Crippen LogP contribution in [0.1, 0.15) is 56.2 Å². The summed E-state index contributed by atoms with van der Waals surface area (Å²) in [4.78, 5) is 0. The zero-order valence-electron chi connectivity index (χ0n) is 13.5. The highest BCUT2D eigenvalue weighted by atomic mass is 19.1. The lowest BCUT2D eigenvalue weighted by Gasteiger charge is -2.36. The highest BCUT2D eigenvalue weighted by Crippen LogP contribution is 2.34. The molecule has 0 aromatic heterocycles. The van der Waals surface area contributed by atoms with E-state index >= 15 is 0 Å². The molecule has 1 aromatic rings. The van der Waals surface area contributed by atoms with Crippen molar-refractivity contribution < 1.29 is 9.13 Å². The Morgan fingerprint density at radius 1 is 1.29 bits per heavy atom. The summed E-state index contributed by atoms with van der Waals surface area (Å²) in [6.45, 7) is 4.60. The van der Waals surface area contributed by atoms with Gasteiger partial charge in [0.2, 0.25) is 0 Å². The minimum Gasteiger partial charge on any atom is -0.376 e. The Bertz CT molecular complexity index is 443. The maximum Gasteiger partial charge on any atom is 0.126 e. The second-order valence-corrected chi connectivity index (χ2v) is 6.09. The van der Waals surface area contributed by atoms with Gasteiger partial charge in [0.25, 0.3) is 0 Å². The Labute approximate surface area is 128 Å². The minimum atomic E-state index is -0.140. The first-order valence-electron chi connectivity index (χ1n) is 8.22. The summed E-state index contributed by atoms with van der Waals surface area (Å²) in [5, 5.41) is 3.40. The molecule has 3 heteroatoms. The van der Waals surface area contributed by atoms with Crippen LogP contribution in [0.4, 0.5) is 4.39 Å². The number of rotatable bonds is 6. The molecule has 2 unspecified atom stereocenters. The number of aryl methyl sites for hydroxylation is 1. The SMILES string of the molecule is CCOC(C1CCCCC1)C(NC)c1ccc(F)c(C)c1. The van der Waals surface area contributed by atoms with E-state index in [1.54, 1.807) is 6.07 Å². The maximum absolute atomic E-state index is 13.5. The summed E-state index contributed by atoms with van der Waals surface area (Å²) in [5.41, 5.74) is 1.83. The Balaban J connectivity index is 2.23. The minimum absolute atomic E-state index is 0.132. The third kappa shape index (κ3) is 4.04. The van der Waals surface area contributed by atoms with Crippen molar-refractivity contribution in [2.45, 2.75) is 58.1 Å². The van der Waals surface area contributed by atoms with Crippen LogP contribution in [0.3, 0.4) is 0 Å². The smallest absolute Gasteiger partial charge is 0.126 e. The van der Waals surface area contributed by atoms with Crippen LogP contribution in [0, 0.1) is 18.7 Å². The lowest BCUT2D eigenvalue weighted by molar-refractivity contribution is -0.0168. The summed E-state index contributed by atoms with van der Waals surface area (Å²) in [6.07, 6.45) is 6.59. The maximum atomic E-state index is 13.5. The van der Waals surface area contributed by atoms with Gasteiger partial charge in [-0.25, -0.2) is 4.39 Å². The van der Waals surface area contributed by atoms with Crippen molar-refractivity contribution >= 4 is 0 Å². The van der Waals surface area contributed by atoms with Gasteiger partial charge in [-0.15, -0.1) is 0 Å². The van der Waals surface area contributed by atoms with Crippen molar-refractivity contribution in [3.05, 3.63) is 35.1 Å².